The standard InChI is InChI=1S/C12H14F3N/c13-12(14,15)11(16)10-7-3-5-8-4-1-2-6-9(8)10/h1-2,4,6,10-11H,3,5,7,16H2. The molecule has 4 heteroatoms. The fourth-order valence-electron chi connectivity index (χ4n) is 2.39. The normalized spacial score (nSPS) is 22.6. The van der Waals surface area contributed by atoms with Crippen LogP contribution in [0.2, 0.25) is 0 Å². The Morgan fingerprint density at radius 1 is 1.25 bits per heavy atom. The summed E-state index contributed by atoms with van der Waals surface area (Å²) in [4.78, 5) is 0. The van der Waals surface area contributed by atoms with Crippen molar-refractivity contribution in [1.29, 1.82) is 0 Å². The van der Waals surface area contributed by atoms with Crippen LogP contribution < -0.4 is 5.73 Å². The number of hydrogen-bond acceptors (Lipinski definition) is 1. The molecule has 0 bridgehead atoms. The first-order valence-corrected chi connectivity index (χ1v) is 5.40. The van der Waals surface area contributed by atoms with Crippen molar-refractivity contribution in [3.05, 3.63) is 35.4 Å². The molecule has 0 spiro atoms. The van der Waals surface area contributed by atoms with Crippen LogP contribution in [-0.4, -0.2) is 12.2 Å². The van der Waals surface area contributed by atoms with Crippen LogP contribution in [0.5, 0.6) is 0 Å². The van der Waals surface area contributed by atoms with Gasteiger partial charge in [-0.15, -0.1) is 0 Å². The van der Waals surface area contributed by atoms with Crippen LogP contribution in [-0.2, 0) is 6.42 Å². The summed E-state index contributed by atoms with van der Waals surface area (Å²) in [6, 6.07) is 5.56. The Morgan fingerprint density at radius 3 is 2.62 bits per heavy atom. The van der Waals surface area contributed by atoms with Crippen molar-refractivity contribution in [2.45, 2.75) is 37.4 Å². The Kier molecular flexibility index (Phi) is 2.93. The van der Waals surface area contributed by atoms with Crippen molar-refractivity contribution < 1.29 is 13.2 Å². The van der Waals surface area contributed by atoms with Crippen LogP contribution in [0.15, 0.2) is 24.3 Å². The Balaban J connectivity index is 2.32. The molecule has 0 aliphatic heterocycles. The highest BCUT2D eigenvalue weighted by atomic mass is 19.4. The number of aryl methyl sites for hydroxylation is 1. The van der Waals surface area contributed by atoms with Crippen molar-refractivity contribution in [2.24, 2.45) is 5.73 Å². The minimum atomic E-state index is -4.31. The topological polar surface area (TPSA) is 26.0 Å². The third-order valence-corrected chi connectivity index (χ3v) is 3.23. The first-order valence-electron chi connectivity index (χ1n) is 5.40. The van der Waals surface area contributed by atoms with E-state index in [1.54, 1.807) is 12.1 Å². The Hall–Kier alpha value is -1.03. The molecular formula is C12H14F3N. The second kappa shape index (κ2) is 4.09. The second-order valence-corrected chi connectivity index (χ2v) is 4.26. The summed E-state index contributed by atoms with van der Waals surface area (Å²) in [6.07, 6.45) is -2.14. The molecule has 88 valence electrons. The van der Waals surface area contributed by atoms with E-state index >= 15 is 0 Å². The summed E-state index contributed by atoms with van der Waals surface area (Å²) in [5.41, 5.74) is 7.10. The summed E-state index contributed by atoms with van der Waals surface area (Å²) in [7, 11) is 0. The molecule has 2 rings (SSSR count). The monoisotopic (exact) mass is 229 g/mol. The number of fused-ring (bicyclic) bond motifs is 1. The highest BCUT2D eigenvalue weighted by Crippen LogP contribution is 2.38. The van der Waals surface area contributed by atoms with Gasteiger partial charge in [0.25, 0.3) is 0 Å². The van der Waals surface area contributed by atoms with Crippen molar-refractivity contribution in [3.63, 3.8) is 0 Å². The maximum atomic E-state index is 12.6. The molecule has 0 aromatic heterocycles. The molecule has 0 radical (unpaired) electrons. The zero-order valence-electron chi connectivity index (χ0n) is 8.80. The van der Waals surface area contributed by atoms with Gasteiger partial charge in [-0.2, -0.15) is 13.2 Å². The van der Waals surface area contributed by atoms with E-state index < -0.39 is 18.1 Å². The van der Waals surface area contributed by atoms with Gasteiger partial charge in [0.1, 0.15) is 6.04 Å². The van der Waals surface area contributed by atoms with E-state index in [9.17, 15) is 13.2 Å². The second-order valence-electron chi connectivity index (χ2n) is 4.26. The molecule has 0 saturated carbocycles. The maximum Gasteiger partial charge on any atom is 0.404 e. The van der Waals surface area contributed by atoms with Crippen molar-refractivity contribution >= 4 is 0 Å². The first kappa shape index (κ1) is 11.5. The van der Waals surface area contributed by atoms with Crippen molar-refractivity contribution in [1.82, 2.24) is 0 Å². The predicted molar refractivity (Wildman–Crippen MR) is 56.2 cm³/mol. The average molecular weight is 229 g/mol. The summed E-state index contributed by atoms with van der Waals surface area (Å²) in [5.74, 6) is -0.579. The quantitative estimate of drug-likeness (QED) is 0.787. The first-order chi connectivity index (χ1) is 7.50. The number of hydrogen-bond donors (Lipinski definition) is 1. The van der Waals surface area contributed by atoms with Gasteiger partial charge < -0.3 is 5.73 Å². The van der Waals surface area contributed by atoms with E-state index in [0.29, 0.717) is 6.42 Å². The molecule has 2 unspecified atom stereocenters. The third-order valence-electron chi connectivity index (χ3n) is 3.23. The zero-order valence-corrected chi connectivity index (χ0v) is 8.80. The van der Waals surface area contributed by atoms with Crippen molar-refractivity contribution in [3.8, 4) is 0 Å². The minimum absolute atomic E-state index is 0.525. The van der Waals surface area contributed by atoms with E-state index in [2.05, 4.69) is 0 Å². The van der Waals surface area contributed by atoms with Crippen LogP contribution in [0.25, 0.3) is 0 Å². The van der Waals surface area contributed by atoms with Gasteiger partial charge in [-0.3, -0.25) is 0 Å². The molecule has 1 nitrogen and oxygen atoms in total. The number of alkyl halides is 3. The van der Waals surface area contributed by atoms with Crippen molar-refractivity contribution in [2.75, 3.05) is 0 Å². The van der Waals surface area contributed by atoms with Gasteiger partial charge in [-0.1, -0.05) is 24.3 Å². The number of nitrogens with two attached hydrogens (primary N) is 1. The van der Waals surface area contributed by atoms with E-state index in [-0.39, 0.29) is 0 Å². The van der Waals surface area contributed by atoms with Gasteiger partial charge in [-0.25, -0.2) is 0 Å². The Labute approximate surface area is 92.5 Å². The fraction of sp³-hybridized carbons (Fsp3) is 0.500. The Morgan fingerprint density at radius 2 is 1.94 bits per heavy atom. The van der Waals surface area contributed by atoms with Crippen LogP contribution in [0.1, 0.15) is 29.9 Å². The van der Waals surface area contributed by atoms with Gasteiger partial charge in [0, 0.05) is 5.92 Å². The fourth-order valence-corrected chi connectivity index (χ4v) is 2.39. The summed E-state index contributed by atoms with van der Waals surface area (Å²) >= 11 is 0. The molecule has 1 aliphatic rings. The SMILES string of the molecule is NC(C1CCCc2ccccc21)C(F)(F)F. The number of benzene rings is 1. The molecule has 2 atom stereocenters. The lowest BCUT2D eigenvalue weighted by Gasteiger charge is -2.31. The Bertz CT molecular complexity index is 373. The molecule has 16 heavy (non-hydrogen) atoms. The van der Waals surface area contributed by atoms with Crippen LogP contribution in [0, 0.1) is 0 Å². The third kappa shape index (κ3) is 2.07. The molecule has 1 aromatic carbocycles. The minimum Gasteiger partial charge on any atom is -0.320 e. The lowest BCUT2D eigenvalue weighted by molar-refractivity contribution is -0.153. The van der Waals surface area contributed by atoms with Gasteiger partial charge in [0.2, 0.25) is 0 Å². The average Bonchev–Trinajstić information content (AvgIpc) is 2.26. The van der Waals surface area contributed by atoms with Gasteiger partial charge in [0.15, 0.2) is 0 Å². The van der Waals surface area contributed by atoms with Gasteiger partial charge in [0.05, 0.1) is 0 Å². The lowest BCUT2D eigenvalue weighted by atomic mass is 9.79. The summed E-state index contributed by atoms with van der Waals surface area (Å²) in [6.45, 7) is 0. The molecule has 0 fully saturated rings. The highest BCUT2D eigenvalue weighted by molar-refractivity contribution is 5.34. The van der Waals surface area contributed by atoms with Gasteiger partial charge in [-0.05, 0) is 30.4 Å². The molecule has 1 aromatic rings. The van der Waals surface area contributed by atoms with Gasteiger partial charge >= 0.3 is 6.18 Å². The summed E-state index contributed by atoms with van der Waals surface area (Å²) < 4.78 is 37.8. The molecular weight excluding hydrogens is 215 g/mol. The maximum absolute atomic E-state index is 12.6. The predicted octanol–water partition coefficient (Wildman–Crippen LogP) is 3.00. The smallest absolute Gasteiger partial charge is 0.320 e. The van der Waals surface area contributed by atoms with E-state index in [4.69, 9.17) is 5.73 Å². The van der Waals surface area contributed by atoms with Crippen LogP contribution >= 0.6 is 0 Å². The summed E-state index contributed by atoms with van der Waals surface area (Å²) in [5, 5.41) is 0. The van der Waals surface area contributed by atoms with E-state index in [1.165, 1.54) is 0 Å². The molecule has 2 N–H and O–H groups in total. The zero-order chi connectivity index (χ0) is 11.8. The molecule has 0 saturated heterocycles. The lowest BCUT2D eigenvalue weighted by Crippen LogP contribution is -2.43. The van der Waals surface area contributed by atoms with Crippen LogP contribution in [0.4, 0.5) is 13.2 Å². The van der Waals surface area contributed by atoms with Crippen LogP contribution in [0.3, 0.4) is 0 Å². The van der Waals surface area contributed by atoms with E-state index in [1.807, 2.05) is 12.1 Å². The largest absolute Gasteiger partial charge is 0.404 e. The molecule has 0 heterocycles. The van der Waals surface area contributed by atoms with E-state index in [0.717, 1.165) is 24.0 Å². The molecule has 1 aliphatic carbocycles. The highest BCUT2D eigenvalue weighted by Gasteiger charge is 2.43. The number of halogens is 3. The number of rotatable bonds is 1. The molecule has 0 amide bonds.